The lowest BCUT2D eigenvalue weighted by atomic mass is 9.76. The lowest BCUT2D eigenvalue weighted by Crippen LogP contribution is -2.70. The molecule has 8 nitrogen and oxygen atoms in total. The van der Waals surface area contributed by atoms with E-state index in [1.54, 1.807) is 6.20 Å². The number of piperidine rings is 1. The van der Waals surface area contributed by atoms with Gasteiger partial charge in [-0.15, -0.1) is 0 Å². The average molecular weight is 501 g/mol. The fraction of sp³-hybridized carbons (Fsp3) is 0.407. The zero-order valence-electron chi connectivity index (χ0n) is 20.2. The molecule has 9 heteroatoms. The molecule has 3 aromatic rings. The summed E-state index contributed by atoms with van der Waals surface area (Å²) in [6, 6.07) is 10.8. The Balaban J connectivity index is 1.04. The monoisotopic (exact) mass is 500 g/mol. The van der Waals surface area contributed by atoms with E-state index < -0.39 is 5.54 Å². The number of nitrogens with zero attached hydrogens (tertiary/aromatic N) is 5. The number of ether oxygens (including phenoxy) is 1. The average Bonchev–Trinajstić information content (AvgIpc) is 3.22. The zero-order valence-corrected chi connectivity index (χ0v) is 21.1. The van der Waals surface area contributed by atoms with E-state index in [9.17, 15) is 4.79 Å². The molecule has 7 rings (SSSR count). The van der Waals surface area contributed by atoms with Gasteiger partial charge in [-0.3, -0.25) is 4.79 Å². The van der Waals surface area contributed by atoms with E-state index in [1.165, 1.54) is 48.6 Å². The van der Waals surface area contributed by atoms with Crippen molar-refractivity contribution >= 4 is 35.0 Å². The number of carbonyl (C=O) groups excluding carboxylic acids is 1. The molecule has 2 saturated heterocycles. The van der Waals surface area contributed by atoms with Crippen LogP contribution in [0.3, 0.4) is 0 Å². The molecule has 0 radical (unpaired) electrons. The van der Waals surface area contributed by atoms with Gasteiger partial charge in [0.15, 0.2) is 11.4 Å². The maximum Gasteiger partial charge on any atom is 0.255 e. The highest BCUT2D eigenvalue weighted by atomic mass is 32.2. The number of likely N-dealkylation sites (N-methyl/N-ethyl adjacent to an activating group) is 1. The molecule has 1 amide bonds. The molecule has 5 heterocycles. The van der Waals surface area contributed by atoms with Crippen molar-refractivity contribution in [2.24, 2.45) is 5.41 Å². The van der Waals surface area contributed by atoms with Gasteiger partial charge in [0, 0.05) is 31.2 Å². The Bertz CT molecular complexity index is 1310. The molecule has 0 saturated carbocycles. The van der Waals surface area contributed by atoms with Crippen LogP contribution in [0, 0.1) is 5.41 Å². The van der Waals surface area contributed by atoms with Crippen molar-refractivity contribution in [1.29, 1.82) is 0 Å². The van der Waals surface area contributed by atoms with E-state index >= 15 is 0 Å². The molecular formula is C27H28N6O2S. The van der Waals surface area contributed by atoms with Crippen LogP contribution in [0.1, 0.15) is 24.0 Å². The Kier molecular flexibility index (Phi) is 5.01. The number of hydrogen-bond donors (Lipinski definition) is 1. The summed E-state index contributed by atoms with van der Waals surface area (Å²) >= 11 is 1.49. The summed E-state index contributed by atoms with van der Waals surface area (Å²) in [5.74, 6) is 1.64. The number of amides is 1. The zero-order chi connectivity index (χ0) is 24.3. The standard InChI is InChI=1S/C27H28N6O2S/c1-32-24-23(31-25(34)27(32)16-35-17-27)20(6-9-28-24)36-22-15-29-21(14-30-22)33-10-7-26(8-11-33)12-18-4-2-3-5-19(18)13-26/h2-6,9,14-15H,7-8,10-13,16-17H2,1H3,(H,31,34). The van der Waals surface area contributed by atoms with Crippen LogP contribution in [0.25, 0.3) is 0 Å². The smallest absolute Gasteiger partial charge is 0.255 e. The fourth-order valence-corrected chi connectivity index (χ4v) is 6.88. The van der Waals surface area contributed by atoms with E-state index in [0.29, 0.717) is 18.6 Å². The molecule has 36 heavy (non-hydrogen) atoms. The highest BCUT2D eigenvalue weighted by molar-refractivity contribution is 7.99. The van der Waals surface area contributed by atoms with Crippen molar-refractivity contribution in [1.82, 2.24) is 15.0 Å². The summed E-state index contributed by atoms with van der Waals surface area (Å²) in [5, 5.41) is 3.85. The number of benzene rings is 1. The largest absolute Gasteiger partial charge is 0.375 e. The van der Waals surface area contributed by atoms with Gasteiger partial charge in [-0.25, -0.2) is 15.0 Å². The second-order valence-corrected chi connectivity index (χ2v) is 11.5. The molecule has 3 aliphatic heterocycles. The van der Waals surface area contributed by atoms with Crippen molar-refractivity contribution < 1.29 is 9.53 Å². The number of fused-ring (bicyclic) bond motifs is 2. The minimum absolute atomic E-state index is 0.0479. The Morgan fingerprint density at radius 1 is 1.00 bits per heavy atom. The predicted molar refractivity (Wildman–Crippen MR) is 139 cm³/mol. The van der Waals surface area contributed by atoms with Crippen LogP contribution in [-0.4, -0.2) is 59.7 Å². The SMILES string of the molecule is CN1c2nccc(Sc3cnc(N4CCC5(CC4)Cc4ccccc4C5)cn3)c2NC(=O)C12COC2. The second-order valence-electron chi connectivity index (χ2n) is 10.5. The molecule has 1 N–H and O–H groups in total. The fourth-order valence-electron chi connectivity index (χ4n) is 6.07. The normalized spacial score (nSPS) is 21.2. The summed E-state index contributed by atoms with van der Waals surface area (Å²) in [6.45, 7) is 2.78. The second kappa shape index (κ2) is 8.18. The van der Waals surface area contributed by atoms with Gasteiger partial charge in [0.1, 0.15) is 10.8 Å². The molecule has 0 bridgehead atoms. The maximum absolute atomic E-state index is 12.8. The van der Waals surface area contributed by atoms with Crippen LogP contribution in [0.15, 0.2) is 58.8 Å². The van der Waals surface area contributed by atoms with Crippen molar-refractivity contribution in [3.8, 4) is 0 Å². The molecule has 0 unspecified atom stereocenters. The minimum Gasteiger partial charge on any atom is -0.375 e. The maximum atomic E-state index is 12.8. The van der Waals surface area contributed by atoms with E-state index in [4.69, 9.17) is 14.7 Å². The molecule has 4 aliphatic rings. The molecule has 184 valence electrons. The number of carbonyl (C=O) groups is 1. The summed E-state index contributed by atoms with van der Waals surface area (Å²) in [6.07, 6.45) is 10.3. The number of nitrogens with one attached hydrogen (secondary N) is 1. The summed E-state index contributed by atoms with van der Waals surface area (Å²) in [5.41, 5.74) is 3.54. The van der Waals surface area contributed by atoms with E-state index in [2.05, 4.69) is 39.5 Å². The third kappa shape index (κ3) is 3.40. The third-order valence-corrected chi connectivity index (χ3v) is 9.40. The van der Waals surface area contributed by atoms with Gasteiger partial charge < -0.3 is 19.9 Å². The van der Waals surface area contributed by atoms with Crippen LogP contribution in [0.5, 0.6) is 0 Å². The first-order valence-corrected chi connectivity index (χ1v) is 13.3. The van der Waals surface area contributed by atoms with Crippen LogP contribution < -0.4 is 15.1 Å². The minimum atomic E-state index is -0.654. The Labute approximate surface area is 214 Å². The summed E-state index contributed by atoms with van der Waals surface area (Å²) in [7, 11) is 1.91. The van der Waals surface area contributed by atoms with E-state index in [0.717, 1.165) is 40.3 Å². The number of hydrogen-bond acceptors (Lipinski definition) is 8. The predicted octanol–water partition coefficient (Wildman–Crippen LogP) is 3.57. The number of anilines is 3. The first kappa shape index (κ1) is 22.1. The molecule has 2 spiro atoms. The highest BCUT2D eigenvalue weighted by Crippen LogP contribution is 2.46. The van der Waals surface area contributed by atoms with E-state index in [1.807, 2.05) is 30.4 Å². The molecule has 1 aromatic carbocycles. The Hall–Kier alpha value is -3.17. The van der Waals surface area contributed by atoms with Gasteiger partial charge in [-0.1, -0.05) is 36.0 Å². The van der Waals surface area contributed by atoms with Gasteiger partial charge in [-0.2, -0.15) is 0 Å². The molecule has 2 aromatic heterocycles. The molecule has 0 atom stereocenters. The first-order valence-electron chi connectivity index (χ1n) is 12.5. The Morgan fingerprint density at radius 3 is 2.39 bits per heavy atom. The lowest BCUT2D eigenvalue weighted by Gasteiger charge is -2.49. The van der Waals surface area contributed by atoms with Crippen molar-refractivity contribution in [3.63, 3.8) is 0 Å². The van der Waals surface area contributed by atoms with Gasteiger partial charge in [0.25, 0.3) is 5.91 Å². The topological polar surface area (TPSA) is 83.5 Å². The van der Waals surface area contributed by atoms with Crippen molar-refractivity contribution in [3.05, 3.63) is 60.0 Å². The van der Waals surface area contributed by atoms with Gasteiger partial charge in [0.05, 0.1) is 31.3 Å². The molecule has 1 aliphatic carbocycles. The third-order valence-electron chi connectivity index (χ3n) is 8.42. The van der Waals surface area contributed by atoms with Crippen LogP contribution in [0.4, 0.5) is 17.3 Å². The highest BCUT2D eigenvalue weighted by Gasteiger charge is 2.53. The molecule has 2 fully saturated rings. The van der Waals surface area contributed by atoms with Crippen LogP contribution in [-0.2, 0) is 22.4 Å². The lowest BCUT2D eigenvalue weighted by molar-refractivity contribution is -0.138. The number of rotatable bonds is 3. The molecular weight excluding hydrogens is 472 g/mol. The Morgan fingerprint density at radius 2 is 1.75 bits per heavy atom. The van der Waals surface area contributed by atoms with Crippen LogP contribution in [0.2, 0.25) is 0 Å². The van der Waals surface area contributed by atoms with Crippen LogP contribution >= 0.6 is 11.8 Å². The summed E-state index contributed by atoms with van der Waals surface area (Å²) in [4.78, 5) is 32.0. The van der Waals surface area contributed by atoms with Gasteiger partial charge >= 0.3 is 0 Å². The number of aromatic nitrogens is 3. The number of pyridine rings is 1. The van der Waals surface area contributed by atoms with Gasteiger partial charge in [0.2, 0.25) is 0 Å². The first-order chi connectivity index (χ1) is 17.6. The summed E-state index contributed by atoms with van der Waals surface area (Å²) < 4.78 is 5.34. The van der Waals surface area contributed by atoms with E-state index in [-0.39, 0.29) is 5.91 Å². The van der Waals surface area contributed by atoms with Crippen molar-refractivity contribution in [2.45, 2.75) is 41.1 Å². The quantitative estimate of drug-likeness (QED) is 0.585. The van der Waals surface area contributed by atoms with Gasteiger partial charge in [-0.05, 0) is 48.3 Å². The van der Waals surface area contributed by atoms with Crippen molar-refractivity contribution in [2.75, 3.05) is 48.5 Å².